The molecule has 2 atom stereocenters. The predicted octanol–water partition coefficient (Wildman–Crippen LogP) is 6.56. The molecule has 0 heterocycles. The Morgan fingerprint density at radius 1 is 0.882 bits per heavy atom. The molecule has 34 heavy (non-hydrogen) atoms. The van der Waals surface area contributed by atoms with Crippen LogP contribution in [0.15, 0.2) is 36.4 Å². The van der Waals surface area contributed by atoms with Crippen LogP contribution >= 0.6 is 0 Å². The van der Waals surface area contributed by atoms with E-state index in [2.05, 4.69) is 78.8 Å². The molecule has 2 radical (unpaired) electrons. The van der Waals surface area contributed by atoms with Crippen LogP contribution in [-0.2, 0) is 28.4 Å². The van der Waals surface area contributed by atoms with Crippen molar-refractivity contribution in [2.75, 3.05) is 13.2 Å². The summed E-state index contributed by atoms with van der Waals surface area (Å²) in [5.74, 6) is 0. The van der Waals surface area contributed by atoms with E-state index in [-0.39, 0.29) is 23.5 Å². The highest BCUT2D eigenvalue weighted by molar-refractivity contribution is 6.32. The molecular weight excluding hydrogens is 415 g/mol. The molecule has 0 aliphatic rings. The SMILES string of the molecule is [B]c1ccc(CC)c(C(C)(C)c2cc(C(C)(CCCCCC)C(C)OCCO)ccc2CC)c1. The van der Waals surface area contributed by atoms with Gasteiger partial charge in [-0.1, -0.05) is 109 Å². The molecule has 0 bridgehead atoms. The van der Waals surface area contributed by atoms with Gasteiger partial charge in [-0.05, 0) is 54.0 Å². The maximum Gasteiger partial charge on any atom is 0.113 e. The van der Waals surface area contributed by atoms with E-state index < -0.39 is 0 Å². The lowest BCUT2D eigenvalue weighted by Gasteiger charge is -2.38. The van der Waals surface area contributed by atoms with Gasteiger partial charge in [0.1, 0.15) is 7.85 Å². The van der Waals surface area contributed by atoms with Gasteiger partial charge in [0, 0.05) is 10.8 Å². The van der Waals surface area contributed by atoms with Crippen molar-refractivity contribution in [1.82, 2.24) is 0 Å². The van der Waals surface area contributed by atoms with E-state index in [1.165, 1.54) is 53.5 Å². The average Bonchev–Trinajstić information content (AvgIpc) is 2.84. The lowest BCUT2D eigenvalue weighted by molar-refractivity contribution is -0.00736. The second-order valence-corrected chi connectivity index (χ2v) is 10.6. The largest absolute Gasteiger partial charge is 0.394 e. The lowest BCUT2D eigenvalue weighted by Crippen LogP contribution is -2.38. The summed E-state index contributed by atoms with van der Waals surface area (Å²) in [5.41, 5.74) is 7.30. The van der Waals surface area contributed by atoms with Gasteiger partial charge >= 0.3 is 0 Å². The minimum Gasteiger partial charge on any atom is -0.394 e. The van der Waals surface area contributed by atoms with Gasteiger partial charge in [0.2, 0.25) is 0 Å². The van der Waals surface area contributed by atoms with Crippen LogP contribution in [0.1, 0.15) is 108 Å². The monoisotopic (exact) mass is 462 g/mol. The second kappa shape index (κ2) is 12.9. The predicted molar refractivity (Wildman–Crippen MR) is 148 cm³/mol. The number of hydrogen-bond acceptors (Lipinski definition) is 2. The third-order valence-corrected chi connectivity index (χ3v) is 7.92. The Hall–Kier alpha value is -1.58. The van der Waals surface area contributed by atoms with Crippen LogP contribution in [0, 0.1) is 0 Å². The first-order valence-electron chi connectivity index (χ1n) is 13.4. The van der Waals surface area contributed by atoms with E-state index in [1.54, 1.807) is 0 Å². The van der Waals surface area contributed by atoms with Crippen molar-refractivity contribution >= 4 is 13.3 Å². The molecule has 2 aromatic rings. The Morgan fingerprint density at radius 2 is 1.50 bits per heavy atom. The number of aliphatic hydroxyl groups excluding tert-OH is 1. The first kappa shape index (κ1) is 28.7. The highest BCUT2D eigenvalue weighted by atomic mass is 16.5. The van der Waals surface area contributed by atoms with Crippen LogP contribution in [0.5, 0.6) is 0 Å². The maximum atomic E-state index is 9.38. The fourth-order valence-corrected chi connectivity index (χ4v) is 5.37. The first-order valence-corrected chi connectivity index (χ1v) is 13.4. The van der Waals surface area contributed by atoms with E-state index in [0.29, 0.717) is 6.61 Å². The van der Waals surface area contributed by atoms with Crippen LogP contribution in [0.3, 0.4) is 0 Å². The molecule has 2 rings (SSSR count). The molecule has 3 heteroatoms. The molecule has 0 aromatic heterocycles. The van der Waals surface area contributed by atoms with Gasteiger partial charge < -0.3 is 9.84 Å². The Kier molecular flexibility index (Phi) is 10.9. The summed E-state index contributed by atoms with van der Waals surface area (Å²) < 4.78 is 6.12. The van der Waals surface area contributed by atoms with E-state index in [0.717, 1.165) is 24.7 Å². The minimum absolute atomic E-state index is 0.0169. The van der Waals surface area contributed by atoms with Crippen LogP contribution < -0.4 is 5.46 Å². The van der Waals surface area contributed by atoms with E-state index in [1.807, 2.05) is 6.07 Å². The molecule has 0 amide bonds. The molecule has 0 spiro atoms. The van der Waals surface area contributed by atoms with Crippen molar-refractivity contribution in [2.24, 2.45) is 0 Å². The third-order valence-electron chi connectivity index (χ3n) is 7.92. The Labute approximate surface area is 210 Å². The smallest absolute Gasteiger partial charge is 0.113 e. The quantitative estimate of drug-likeness (QED) is 0.255. The number of aliphatic hydroxyl groups is 1. The average molecular weight is 463 g/mol. The number of hydrogen-bond donors (Lipinski definition) is 1. The van der Waals surface area contributed by atoms with E-state index in [9.17, 15) is 5.11 Å². The van der Waals surface area contributed by atoms with Crippen molar-refractivity contribution in [3.63, 3.8) is 0 Å². The molecule has 2 unspecified atom stereocenters. The van der Waals surface area contributed by atoms with Crippen molar-refractivity contribution in [3.05, 3.63) is 64.2 Å². The normalized spacial score (nSPS) is 14.7. The summed E-state index contributed by atoms with van der Waals surface area (Å²) in [6.07, 6.45) is 8.00. The molecular formula is C31H47BO2. The Balaban J connectivity index is 2.60. The van der Waals surface area contributed by atoms with E-state index >= 15 is 0 Å². The maximum absolute atomic E-state index is 9.38. The summed E-state index contributed by atoms with van der Waals surface area (Å²) in [7, 11) is 6.26. The number of aryl methyl sites for hydroxylation is 2. The molecule has 0 aliphatic heterocycles. The van der Waals surface area contributed by atoms with Gasteiger partial charge in [0.15, 0.2) is 0 Å². The summed E-state index contributed by atoms with van der Waals surface area (Å²) >= 11 is 0. The molecule has 1 N–H and O–H groups in total. The van der Waals surface area contributed by atoms with Crippen LogP contribution in [-0.4, -0.2) is 32.3 Å². The number of unbranched alkanes of at least 4 members (excludes halogenated alkanes) is 3. The zero-order chi connectivity index (χ0) is 25.4. The summed E-state index contributed by atoms with van der Waals surface area (Å²) in [6.45, 7) is 16.3. The van der Waals surface area contributed by atoms with Crippen molar-refractivity contribution in [2.45, 2.75) is 110 Å². The van der Waals surface area contributed by atoms with Crippen molar-refractivity contribution < 1.29 is 9.84 Å². The highest BCUT2D eigenvalue weighted by Gasteiger charge is 2.36. The minimum atomic E-state index is -0.166. The molecule has 186 valence electrons. The van der Waals surface area contributed by atoms with Crippen LogP contribution in [0.2, 0.25) is 0 Å². The zero-order valence-corrected chi connectivity index (χ0v) is 22.8. The highest BCUT2D eigenvalue weighted by Crippen LogP contribution is 2.41. The van der Waals surface area contributed by atoms with Crippen LogP contribution in [0.4, 0.5) is 0 Å². The van der Waals surface area contributed by atoms with Gasteiger partial charge in [-0.2, -0.15) is 0 Å². The first-order chi connectivity index (χ1) is 16.1. The Bertz CT molecular complexity index is 904. The molecule has 0 saturated carbocycles. The van der Waals surface area contributed by atoms with E-state index in [4.69, 9.17) is 12.6 Å². The topological polar surface area (TPSA) is 29.5 Å². The lowest BCUT2D eigenvalue weighted by atomic mass is 9.68. The molecule has 2 aromatic carbocycles. The van der Waals surface area contributed by atoms with Crippen molar-refractivity contribution in [1.29, 1.82) is 0 Å². The van der Waals surface area contributed by atoms with Gasteiger partial charge in [-0.15, -0.1) is 0 Å². The fourth-order valence-electron chi connectivity index (χ4n) is 5.37. The van der Waals surface area contributed by atoms with Crippen LogP contribution in [0.25, 0.3) is 0 Å². The molecule has 0 fully saturated rings. The standard InChI is InChI=1S/C31H47BO2/c1-8-11-12-13-18-31(7,23(4)34-20-19-33)26-16-14-24(9-2)28(21-26)30(5,6)29-22-27(32)17-15-25(29)10-3/h14-17,21-23,33H,8-13,18-20H2,1-7H3. The Morgan fingerprint density at radius 3 is 2.09 bits per heavy atom. The van der Waals surface area contributed by atoms with Crippen molar-refractivity contribution in [3.8, 4) is 0 Å². The number of ether oxygens (including phenoxy) is 1. The molecule has 0 aliphatic carbocycles. The van der Waals surface area contributed by atoms with Gasteiger partial charge in [-0.25, -0.2) is 0 Å². The summed E-state index contributed by atoms with van der Waals surface area (Å²) in [6, 6.07) is 13.5. The second-order valence-electron chi connectivity index (χ2n) is 10.6. The van der Waals surface area contributed by atoms with Gasteiger partial charge in [0.05, 0.1) is 19.3 Å². The number of rotatable bonds is 14. The zero-order valence-electron chi connectivity index (χ0n) is 22.8. The molecule has 2 nitrogen and oxygen atoms in total. The van der Waals surface area contributed by atoms with Gasteiger partial charge in [-0.3, -0.25) is 0 Å². The number of benzene rings is 2. The summed E-state index contributed by atoms with van der Waals surface area (Å²) in [4.78, 5) is 0. The molecule has 0 saturated heterocycles. The fraction of sp³-hybridized carbons (Fsp3) is 0.613. The summed E-state index contributed by atoms with van der Waals surface area (Å²) in [5, 5.41) is 9.38. The third kappa shape index (κ3) is 6.55. The van der Waals surface area contributed by atoms with Gasteiger partial charge in [0.25, 0.3) is 0 Å².